The summed E-state index contributed by atoms with van der Waals surface area (Å²) in [6, 6.07) is 6.13. The Labute approximate surface area is 217 Å². The maximum absolute atomic E-state index is 12.6. The fourth-order valence-electron chi connectivity index (χ4n) is 4.18. The van der Waals surface area contributed by atoms with Crippen LogP contribution in [-0.2, 0) is 16.9 Å². The van der Waals surface area contributed by atoms with Gasteiger partial charge in [0.05, 0.1) is 29.3 Å². The third-order valence-corrected chi connectivity index (χ3v) is 6.41. The van der Waals surface area contributed by atoms with Crippen LogP contribution in [0.25, 0.3) is 11.3 Å². The van der Waals surface area contributed by atoms with Gasteiger partial charge in [0.15, 0.2) is 5.69 Å². The predicted octanol–water partition coefficient (Wildman–Crippen LogP) is 3.00. The first-order valence-electron chi connectivity index (χ1n) is 12.3. The second-order valence-corrected chi connectivity index (χ2v) is 10.5. The summed E-state index contributed by atoms with van der Waals surface area (Å²) >= 11 is 0. The number of carbonyl (C=O) groups excluding carboxylic acids is 2. The molecule has 3 heterocycles. The maximum Gasteiger partial charge on any atom is 0.273 e. The van der Waals surface area contributed by atoms with Crippen molar-refractivity contribution in [3.05, 3.63) is 65.9 Å². The zero-order chi connectivity index (χ0) is 26.7. The van der Waals surface area contributed by atoms with Gasteiger partial charge in [-0.1, -0.05) is 23.9 Å². The van der Waals surface area contributed by atoms with E-state index in [-0.39, 0.29) is 29.1 Å². The number of carbonyl (C=O) groups is 2. The Morgan fingerprint density at radius 3 is 2.70 bits per heavy atom. The van der Waals surface area contributed by atoms with E-state index in [4.69, 9.17) is 0 Å². The van der Waals surface area contributed by atoms with Crippen LogP contribution in [0.4, 0.5) is 5.69 Å². The molecular weight excluding hydrogens is 468 g/mol. The van der Waals surface area contributed by atoms with E-state index in [1.54, 1.807) is 24.1 Å². The number of benzene rings is 1. The lowest BCUT2D eigenvalue weighted by Crippen LogP contribution is -2.37. The van der Waals surface area contributed by atoms with Crippen LogP contribution in [0, 0.1) is 6.92 Å². The molecule has 37 heavy (non-hydrogen) atoms. The Morgan fingerprint density at radius 2 is 2.03 bits per heavy atom. The Kier molecular flexibility index (Phi) is 7.37. The van der Waals surface area contributed by atoms with Gasteiger partial charge in [0, 0.05) is 36.8 Å². The first kappa shape index (κ1) is 26.0. The van der Waals surface area contributed by atoms with Crippen molar-refractivity contribution in [3.63, 3.8) is 0 Å². The van der Waals surface area contributed by atoms with Gasteiger partial charge in [-0.15, -0.1) is 5.10 Å². The number of amides is 2. The average Bonchev–Trinajstić information content (AvgIpc) is 3.53. The highest BCUT2D eigenvalue weighted by molar-refractivity contribution is 5.92. The number of anilines is 1. The fraction of sp³-hybridized carbons (Fsp3) is 0.407. The molecule has 2 amide bonds. The van der Waals surface area contributed by atoms with Crippen LogP contribution in [-0.4, -0.2) is 55.9 Å². The first-order valence-corrected chi connectivity index (χ1v) is 12.3. The van der Waals surface area contributed by atoms with Gasteiger partial charge in [-0.3, -0.25) is 9.59 Å². The third-order valence-electron chi connectivity index (χ3n) is 6.41. The van der Waals surface area contributed by atoms with Gasteiger partial charge in [-0.05, 0) is 58.2 Å². The Bertz CT molecular complexity index is 1320. The third kappa shape index (κ3) is 6.02. The SMILES string of the molecule is C=C(C)C(=O)NC1CCN(c2cncnc2-c2ccc(CNC(=O)c3cn(C(C)(C)C)nn3)c(C)c2)C1. The summed E-state index contributed by atoms with van der Waals surface area (Å²) in [5, 5.41) is 14.0. The highest BCUT2D eigenvalue weighted by Crippen LogP contribution is 2.31. The van der Waals surface area contributed by atoms with Crippen molar-refractivity contribution in [3.8, 4) is 11.3 Å². The van der Waals surface area contributed by atoms with E-state index in [1.807, 2.05) is 46.0 Å². The summed E-state index contributed by atoms with van der Waals surface area (Å²) in [5.41, 5.74) is 5.31. The van der Waals surface area contributed by atoms with Gasteiger partial charge in [-0.25, -0.2) is 14.6 Å². The topological polar surface area (TPSA) is 118 Å². The molecule has 1 unspecified atom stereocenters. The second-order valence-electron chi connectivity index (χ2n) is 10.5. The summed E-state index contributed by atoms with van der Waals surface area (Å²) in [6.45, 7) is 15.3. The first-order chi connectivity index (χ1) is 17.5. The molecule has 10 heteroatoms. The molecule has 10 nitrogen and oxygen atoms in total. The van der Waals surface area contributed by atoms with Crippen LogP contribution in [0.5, 0.6) is 0 Å². The summed E-state index contributed by atoms with van der Waals surface area (Å²) in [5.74, 6) is -0.382. The zero-order valence-corrected chi connectivity index (χ0v) is 22.1. The van der Waals surface area contributed by atoms with Crippen molar-refractivity contribution < 1.29 is 9.59 Å². The quantitative estimate of drug-likeness (QED) is 0.477. The number of hydrogen-bond donors (Lipinski definition) is 2. The van der Waals surface area contributed by atoms with Crippen LogP contribution in [0.3, 0.4) is 0 Å². The molecule has 1 fully saturated rings. The number of rotatable bonds is 7. The van der Waals surface area contributed by atoms with Crippen LogP contribution in [0.1, 0.15) is 55.7 Å². The van der Waals surface area contributed by atoms with Crippen LogP contribution < -0.4 is 15.5 Å². The van der Waals surface area contributed by atoms with Crippen LogP contribution in [0.15, 0.2) is 49.1 Å². The number of nitrogens with one attached hydrogen (secondary N) is 2. The fourth-order valence-corrected chi connectivity index (χ4v) is 4.18. The van der Waals surface area contributed by atoms with Gasteiger partial charge in [0.1, 0.15) is 6.33 Å². The maximum atomic E-state index is 12.6. The molecule has 1 aliphatic heterocycles. The molecule has 3 aromatic rings. The van der Waals surface area contributed by atoms with Gasteiger partial charge in [0.2, 0.25) is 5.91 Å². The van der Waals surface area contributed by atoms with E-state index in [9.17, 15) is 9.59 Å². The van der Waals surface area contributed by atoms with E-state index in [2.05, 4.69) is 48.5 Å². The van der Waals surface area contributed by atoms with Crippen molar-refractivity contribution in [2.75, 3.05) is 18.0 Å². The molecule has 1 atom stereocenters. The number of nitrogens with zero attached hydrogens (tertiary/aromatic N) is 6. The van der Waals surface area contributed by atoms with Crippen LogP contribution in [0.2, 0.25) is 0 Å². The van der Waals surface area contributed by atoms with Crippen molar-refractivity contribution in [2.45, 2.75) is 59.2 Å². The molecule has 0 aliphatic carbocycles. The molecule has 0 saturated carbocycles. The minimum absolute atomic E-state index is 0.0509. The van der Waals surface area contributed by atoms with Gasteiger partial charge < -0.3 is 15.5 Å². The number of hydrogen-bond acceptors (Lipinski definition) is 7. The lowest BCUT2D eigenvalue weighted by atomic mass is 10.0. The molecule has 4 rings (SSSR count). The highest BCUT2D eigenvalue weighted by atomic mass is 16.2. The van der Waals surface area contributed by atoms with Gasteiger partial charge >= 0.3 is 0 Å². The zero-order valence-electron chi connectivity index (χ0n) is 22.1. The monoisotopic (exact) mass is 502 g/mol. The molecule has 194 valence electrons. The van der Waals surface area contributed by atoms with E-state index in [0.29, 0.717) is 18.7 Å². The molecule has 2 aromatic heterocycles. The lowest BCUT2D eigenvalue weighted by molar-refractivity contribution is -0.118. The van der Waals surface area contributed by atoms with Crippen molar-refractivity contribution in [2.24, 2.45) is 0 Å². The molecule has 1 aliphatic rings. The summed E-state index contributed by atoms with van der Waals surface area (Å²) in [4.78, 5) is 35.7. The van der Waals surface area contributed by atoms with Crippen molar-refractivity contribution in [1.29, 1.82) is 0 Å². The molecular formula is C27H34N8O2. The molecule has 0 radical (unpaired) electrons. The van der Waals surface area contributed by atoms with Crippen molar-refractivity contribution in [1.82, 2.24) is 35.6 Å². The molecule has 0 spiro atoms. The largest absolute Gasteiger partial charge is 0.366 e. The Balaban J connectivity index is 1.45. The van der Waals surface area contributed by atoms with Crippen LogP contribution >= 0.6 is 0 Å². The molecule has 1 saturated heterocycles. The van der Waals surface area contributed by atoms with E-state index < -0.39 is 0 Å². The Hall–Kier alpha value is -4.08. The lowest BCUT2D eigenvalue weighted by Gasteiger charge is -2.21. The summed E-state index contributed by atoms with van der Waals surface area (Å²) in [6.07, 6.45) is 5.87. The smallest absolute Gasteiger partial charge is 0.273 e. The molecule has 1 aromatic carbocycles. The second kappa shape index (κ2) is 10.5. The van der Waals surface area contributed by atoms with Gasteiger partial charge in [0.25, 0.3) is 5.91 Å². The summed E-state index contributed by atoms with van der Waals surface area (Å²) < 4.78 is 1.68. The minimum Gasteiger partial charge on any atom is -0.366 e. The van der Waals surface area contributed by atoms with E-state index >= 15 is 0 Å². The normalized spacial score (nSPS) is 15.5. The average molecular weight is 503 g/mol. The number of aromatic nitrogens is 5. The molecule has 2 N–H and O–H groups in total. The minimum atomic E-state index is -0.264. The van der Waals surface area contributed by atoms with Crippen molar-refractivity contribution >= 4 is 17.5 Å². The van der Waals surface area contributed by atoms with E-state index in [1.165, 1.54) is 0 Å². The molecule has 0 bridgehead atoms. The standard InChI is InChI=1S/C27H34N8O2/c1-17(2)25(36)31-21-9-10-34(14-21)23-13-28-16-30-24(23)19-7-8-20(18(3)11-19)12-29-26(37)22-15-35(33-32-22)27(4,5)6/h7-8,11,13,15-16,21H,1,9-10,12,14H2,2-6H3,(H,29,37)(H,31,36). The summed E-state index contributed by atoms with van der Waals surface area (Å²) in [7, 11) is 0. The van der Waals surface area contributed by atoms with E-state index in [0.717, 1.165) is 41.0 Å². The highest BCUT2D eigenvalue weighted by Gasteiger charge is 2.26. The van der Waals surface area contributed by atoms with Gasteiger partial charge in [-0.2, -0.15) is 0 Å². The number of aryl methyl sites for hydroxylation is 1. The Morgan fingerprint density at radius 1 is 1.24 bits per heavy atom. The predicted molar refractivity (Wildman–Crippen MR) is 142 cm³/mol.